The summed E-state index contributed by atoms with van der Waals surface area (Å²) in [7, 11) is 0. The van der Waals surface area contributed by atoms with Crippen molar-refractivity contribution in [2.24, 2.45) is 5.41 Å². The molecular weight excluding hydrogens is 753 g/mol. The van der Waals surface area contributed by atoms with Gasteiger partial charge in [0.15, 0.2) is 0 Å². The monoisotopic (exact) mass is 788 g/mol. The fraction of sp³-hybridized carbons (Fsp3) is 0.143. The molecule has 5 heteroatoms. The number of nitrogens with zero attached hydrogens (tertiary/aromatic N) is 4. The van der Waals surface area contributed by atoms with E-state index in [0.717, 1.165) is 23.5 Å². The molecule has 0 spiro atoms. The summed E-state index contributed by atoms with van der Waals surface area (Å²) in [5, 5.41) is 5.20. The molecule has 0 N–H and O–H groups in total. The van der Waals surface area contributed by atoms with Crippen LogP contribution < -0.4 is 9.80 Å². The molecule has 0 amide bonds. The van der Waals surface area contributed by atoms with Crippen molar-refractivity contribution in [2.45, 2.75) is 27.7 Å². The average Bonchev–Trinajstić information content (AvgIpc) is 3.72. The maximum absolute atomic E-state index is 4.32. The van der Waals surface area contributed by atoms with E-state index >= 15 is 0 Å². The van der Waals surface area contributed by atoms with Crippen molar-refractivity contribution in [3.63, 3.8) is 0 Å². The summed E-state index contributed by atoms with van der Waals surface area (Å²) in [6.07, 6.45) is 1.87. The number of hydrogen-bond donors (Lipinski definition) is 0. The Morgan fingerprint density at radius 3 is 2.19 bits per heavy atom. The molecular formula is C42H35IrN4. The molecule has 8 aromatic rings. The van der Waals surface area contributed by atoms with Gasteiger partial charge in [-0.2, -0.15) is 18.8 Å². The zero-order chi connectivity index (χ0) is 31.4. The second-order valence-electron chi connectivity index (χ2n) is 13.3. The average molecular weight is 788 g/mol. The Morgan fingerprint density at radius 1 is 0.723 bits per heavy atom. The summed E-state index contributed by atoms with van der Waals surface area (Å²) in [4.78, 5) is 8.97. The Labute approximate surface area is 290 Å². The predicted molar refractivity (Wildman–Crippen MR) is 193 cm³/mol. The van der Waals surface area contributed by atoms with Crippen LogP contribution in [0.3, 0.4) is 0 Å². The smallest absolute Gasteiger partial charge is 0.501 e. The van der Waals surface area contributed by atoms with Crippen molar-refractivity contribution in [2.75, 3.05) is 16.3 Å². The molecule has 0 aliphatic carbocycles. The van der Waals surface area contributed by atoms with Gasteiger partial charge in [0.2, 0.25) is 0 Å². The van der Waals surface area contributed by atoms with Crippen molar-refractivity contribution < 1.29 is 20.1 Å². The van der Waals surface area contributed by atoms with Crippen molar-refractivity contribution >= 4 is 55.2 Å². The summed E-state index contributed by atoms with van der Waals surface area (Å²) < 4.78 is 2.41. The van der Waals surface area contributed by atoms with E-state index in [9.17, 15) is 0 Å². The second kappa shape index (κ2) is 12.1. The molecule has 47 heavy (non-hydrogen) atoms. The number of rotatable bonds is 3. The Bertz CT molecular complexity index is 2320. The topological polar surface area (TPSA) is 23.8 Å². The van der Waals surface area contributed by atoms with Crippen LogP contribution in [0.25, 0.3) is 49.4 Å². The Balaban J connectivity index is 0.000000212. The molecule has 0 atom stereocenters. The van der Waals surface area contributed by atoms with E-state index in [4.69, 9.17) is 0 Å². The fourth-order valence-corrected chi connectivity index (χ4v) is 6.68. The van der Waals surface area contributed by atoms with Crippen molar-refractivity contribution in [1.82, 2.24) is 9.38 Å². The van der Waals surface area contributed by atoms with E-state index < -0.39 is 0 Å². The molecule has 0 unspecified atom stereocenters. The molecule has 5 aromatic carbocycles. The maximum atomic E-state index is 4.32. The zero-order valence-corrected chi connectivity index (χ0v) is 29.3. The van der Waals surface area contributed by atoms with Crippen LogP contribution in [0.5, 0.6) is 0 Å². The van der Waals surface area contributed by atoms with Gasteiger partial charge in [0.1, 0.15) is 0 Å². The third-order valence-corrected chi connectivity index (χ3v) is 8.65. The van der Waals surface area contributed by atoms with E-state index in [1.165, 1.54) is 55.0 Å². The van der Waals surface area contributed by atoms with Crippen molar-refractivity contribution in [1.29, 1.82) is 0 Å². The van der Waals surface area contributed by atoms with Crippen molar-refractivity contribution in [3.8, 4) is 11.3 Å². The number of hydrogen-bond acceptors (Lipinski definition) is 3. The minimum atomic E-state index is 0. The van der Waals surface area contributed by atoms with E-state index in [2.05, 4.69) is 144 Å². The summed E-state index contributed by atoms with van der Waals surface area (Å²) in [5.41, 5.74) is 10.7. The maximum Gasteiger partial charge on any atom is 3.00 e. The molecule has 0 bridgehead atoms. The largest absolute Gasteiger partial charge is 3.00 e. The molecule has 4 heterocycles. The van der Waals surface area contributed by atoms with Crippen LogP contribution in [0.2, 0.25) is 0 Å². The number of aromatic nitrogens is 2. The molecule has 0 saturated heterocycles. The van der Waals surface area contributed by atoms with Gasteiger partial charge in [-0.25, -0.2) is 0 Å². The molecule has 3 aromatic heterocycles. The molecule has 9 rings (SSSR count). The quantitative estimate of drug-likeness (QED) is 0.167. The van der Waals surface area contributed by atoms with E-state index in [0.29, 0.717) is 0 Å². The molecule has 0 saturated carbocycles. The summed E-state index contributed by atoms with van der Waals surface area (Å²) >= 11 is 0. The van der Waals surface area contributed by atoms with Gasteiger partial charge < -0.3 is 19.2 Å². The minimum Gasteiger partial charge on any atom is -0.501 e. The van der Waals surface area contributed by atoms with Gasteiger partial charge in [-0.15, -0.1) is 53.0 Å². The van der Waals surface area contributed by atoms with Crippen molar-refractivity contribution in [3.05, 3.63) is 146 Å². The zero-order valence-electron chi connectivity index (χ0n) is 27.0. The Kier molecular flexibility index (Phi) is 7.99. The third kappa shape index (κ3) is 5.54. The van der Waals surface area contributed by atoms with Gasteiger partial charge in [-0.1, -0.05) is 87.0 Å². The first-order valence-corrected chi connectivity index (χ1v) is 15.8. The second-order valence-corrected chi connectivity index (χ2v) is 13.3. The van der Waals surface area contributed by atoms with Gasteiger partial charge in [-0.3, -0.25) is 0 Å². The first kappa shape index (κ1) is 30.9. The standard InChI is InChI=1S/C30H25N3.C12H10N.Ir/c1-30(2,3)18-31-19-32(28-14-7-6-13-27(28)31)20-15-16-26-24(17-20)23-11-8-10-22-21-9-4-5-12-25(21)33(26)29(22)23;1-10-7-8-12(13-9-10)11-5-3-2-4-6-11;/h4-14,16-17,19H,18H2,1-3H3;2-5,7-9H,1H3;/q-2;-1;+3. The van der Waals surface area contributed by atoms with E-state index in [-0.39, 0.29) is 25.5 Å². The first-order chi connectivity index (χ1) is 22.4. The van der Waals surface area contributed by atoms with Crippen LogP contribution in [0, 0.1) is 31.1 Å². The van der Waals surface area contributed by atoms with Crippen LogP contribution in [0.1, 0.15) is 26.3 Å². The van der Waals surface area contributed by atoms with Gasteiger partial charge in [0.25, 0.3) is 0 Å². The molecule has 0 fully saturated rings. The fourth-order valence-electron chi connectivity index (χ4n) is 6.68. The van der Waals surface area contributed by atoms with Crippen LogP contribution in [-0.2, 0) is 20.1 Å². The van der Waals surface area contributed by atoms with Crippen LogP contribution in [0.15, 0.2) is 121 Å². The molecule has 232 valence electrons. The number of aryl methyl sites for hydroxylation is 1. The van der Waals surface area contributed by atoms with Gasteiger partial charge in [0.05, 0.1) is 0 Å². The molecule has 0 radical (unpaired) electrons. The predicted octanol–water partition coefficient (Wildman–Crippen LogP) is 10.6. The Hall–Kier alpha value is -4.70. The molecule has 1 aliphatic rings. The number of anilines is 3. The first-order valence-electron chi connectivity index (χ1n) is 15.8. The third-order valence-electron chi connectivity index (χ3n) is 8.65. The molecule has 4 nitrogen and oxygen atoms in total. The van der Waals surface area contributed by atoms with Crippen LogP contribution in [-0.4, -0.2) is 15.9 Å². The molecule has 1 aliphatic heterocycles. The number of para-hydroxylation sites is 4. The number of pyridine rings is 1. The van der Waals surface area contributed by atoms with E-state index in [1.807, 2.05) is 43.5 Å². The van der Waals surface area contributed by atoms with E-state index in [1.54, 1.807) is 0 Å². The summed E-state index contributed by atoms with van der Waals surface area (Å²) in [6.45, 7) is 12.1. The van der Waals surface area contributed by atoms with Gasteiger partial charge in [0, 0.05) is 39.4 Å². The number of benzene rings is 5. The van der Waals surface area contributed by atoms with Crippen LogP contribution >= 0.6 is 0 Å². The summed E-state index contributed by atoms with van der Waals surface area (Å²) in [5.74, 6) is 0. The number of fused-ring (bicyclic) bond motifs is 7. The summed E-state index contributed by atoms with van der Waals surface area (Å²) in [6, 6.07) is 47.2. The van der Waals surface area contributed by atoms with Gasteiger partial charge >= 0.3 is 20.1 Å². The minimum absolute atomic E-state index is 0. The van der Waals surface area contributed by atoms with Crippen LogP contribution in [0.4, 0.5) is 17.1 Å². The van der Waals surface area contributed by atoms with Gasteiger partial charge in [-0.05, 0) is 53.7 Å². The SMILES string of the molecule is CC(C)(C)CN1[CH-]N(c2[c-]cc3c(c2)c2cccc4c5ccccc5n3c24)c2ccccc21.Cc1ccc(-c2[c-]cccc2)nc1.[Ir+3]. The normalized spacial score (nSPS) is 12.9. The Morgan fingerprint density at radius 2 is 1.45 bits per heavy atom.